The second-order valence-electron chi connectivity index (χ2n) is 3.13. The van der Waals surface area contributed by atoms with E-state index in [9.17, 15) is 0 Å². The molecule has 1 heterocycles. The highest BCUT2D eigenvalue weighted by molar-refractivity contribution is 5.24. The molecule has 1 aromatic carbocycles. The largest absolute Gasteiger partial charge is 0.325 e. The summed E-state index contributed by atoms with van der Waals surface area (Å²) in [5.74, 6) is 0. The minimum atomic E-state index is -0.216. The topological polar surface area (TPSA) is 39.1 Å². The van der Waals surface area contributed by atoms with Crippen LogP contribution >= 0.6 is 0 Å². The summed E-state index contributed by atoms with van der Waals surface area (Å²) in [6, 6.07) is 11.8. The van der Waals surface area contributed by atoms with Crippen molar-refractivity contribution in [3.63, 3.8) is 0 Å². The maximum Gasteiger partial charge on any atom is 0.141 e. The molecule has 70 valence electrons. The number of benzene rings is 1. The molecule has 0 radical (unpaired) electrons. The average Bonchev–Trinajstić information content (AvgIpc) is 2.74. The van der Waals surface area contributed by atoms with Crippen molar-refractivity contribution < 1.29 is 0 Å². The van der Waals surface area contributed by atoms with E-state index >= 15 is 0 Å². The Morgan fingerprint density at radius 2 is 2.14 bits per heavy atom. The minimum Gasteiger partial charge on any atom is -0.325 e. The highest BCUT2D eigenvalue weighted by Gasteiger charge is 2.19. The number of hydrogen-bond donors (Lipinski definition) is 1. The Labute approximate surface area is 83.2 Å². The van der Waals surface area contributed by atoms with Crippen LogP contribution in [0.25, 0.3) is 0 Å². The zero-order valence-corrected chi connectivity index (χ0v) is 7.72. The Morgan fingerprint density at radius 3 is 2.71 bits per heavy atom. The Kier molecular flexibility index (Phi) is 2.48. The van der Waals surface area contributed by atoms with Gasteiger partial charge in [0.25, 0.3) is 0 Å². The smallest absolute Gasteiger partial charge is 0.141 e. The molecule has 1 unspecified atom stereocenters. The summed E-state index contributed by atoms with van der Waals surface area (Å²) in [5, 5.41) is 11.0. The lowest BCUT2D eigenvalue weighted by atomic mass is 10.1. The van der Waals surface area contributed by atoms with Crippen LogP contribution in [0.3, 0.4) is 0 Å². The number of hydrazine groups is 1. The molecule has 0 saturated carbocycles. The van der Waals surface area contributed by atoms with Crippen molar-refractivity contribution in [1.29, 1.82) is 5.26 Å². The predicted molar refractivity (Wildman–Crippen MR) is 53.8 cm³/mol. The van der Waals surface area contributed by atoms with E-state index in [0.717, 1.165) is 12.1 Å². The first-order valence-corrected chi connectivity index (χ1v) is 4.54. The van der Waals surface area contributed by atoms with Crippen LogP contribution in [0.5, 0.6) is 0 Å². The van der Waals surface area contributed by atoms with Gasteiger partial charge in [0.15, 0.2) is 0 Å². The molecule has 0 fully saturated rings. The normalized spacial score (nSPS) is 17.4. The standard InChI is InChI=1S/C11H11N3/c12-9-11(14-8-4-7-13-14)10-5-2-1-3-6-10/h1-7,11,13H,8H2. The van der Waals surface area contributed by atoms with Crippen molar-refractivity contribution in [2.45, 2.75) is 6.04 Å². The van der Waals surface area contributed by atoms with Gasteiger partial charge in [-0.15, -0.1) is 0 Å². The molecule has 0 bridgehead atoms. The fraction of sp³-hybridized carbons (Fsp3) is 0.182. The molecule has 14 heavy (non-hydrogen) atoms. The van der Waals surface area contributed by atoms with Gasteiger partial charge in [0, 0.05) is 12.7 Å². The summed E-state index contributed by atoms with van der Waals surface area (Å²) < 4.78 is 0. The lowest BCUT2D eigenvalue weighted by Gasteiger charge is -2.21. The molecule has 0 aromatic heterocycles. The van der Waals surface area contributed by atoms with Crippen LogP contribution in [0.2, 0.25) is 0 Å². The van der Waals surface area contributed by atoms with Crippen molar-refractivity contribution in [3.8, 4) is 6.07 Å². The number of nitriles is 1. The SMILES string of the molecule is N#CC(c1ccccc1)N1CC=CN1. The van der Waals surface area contributed by atoms with E-state index in [1.54, 1.807) is 0 Å². The van der Waals surface area contributed by atoms with Crippen LogP contribution in [0.15, 0.2) is 42.6 Å². The van der Waals surface area contributed by atoms with Crippen LogP contribution in [0.1, 0.15) is 11.6 Å². The highest BCUT2D eigenvalue weighted by atomic mass is 15.5. The van der Waals surface area contributed by atoms with Gasteiger partial charge >= 0.3 is 0 Å². The van der Waals surface area contributed by atoms with Gasteiger partial charge in [-0.3, -0.25) is 0 Å². The Bertz CT molecular complexity index is 356. The Balaban J connectivity index is 2.19. The molecule has 1 aliphatic rings. The van der Waals surface area contributed by atoms with Gasteiger partial charge in [-0.05, 0) is 5.56 Å². The lowest BCUT2D eigenvalue weighted by Crippen LogP contribution is -2.33. The number of rotatable bonds is 2. The molecule has 3 heteroatoms. The van der Waals surface area contributed by atoms with E-state index in [0.29, 0.717) is 0 Å². The van der Waals surface area contributed by atoms with Crippen molar-refractivity contribution in [1.82, 2.24) is 10.4 Å². The van der Waals surface area contributed by atoms with E-state index in [2.05, 4.69) is 11.5 Å². The van der Waals surface area contributed by atoms with Crippen LogP contribution < -0.4 is 5.43 Å². The molecule has 1 aliphatic heterocycles. The maximum atomic E-state index is 9.08. The van der Waals surface area contributed by atoms with Gasteiger partial charge in [-0.1, -0.05) is 36.4 Å². The average molecular weight is 185 g/mol. The third-order valence-corrected chi connectivity index (χ3v) is 2.21. The van der Waals surface area contributed by atoms with Crippen molar-refractivity contribution in [3.05, 3.63) is 48.2 Å². The molecular weight excluding hydrogens is 174 g/mol. The van der Waals surface area contributed by atoms with Crippen LogP contribution in [-0.4, -0.2) is 11.6 Å². The van der Waals surface area contributed by atoms with E-state index < -0.39 is 0 Å². The number of nitrogens with zero attached hydrogens (tertiary/aromatic N) is 2. The molecule has 1 atom stereocenters. The zero-order valence-electron chi connectivity index (χ0n) is 7.72. The summed E-state index contributed by atoms with van der Waals surface area (Å²) in [4.78, 5) is 0. The van der Waals surface area contributed by atoms with Gasteiger partial charge < -0.3 is 5.43 Å². The quantitative estimate of drug-likeness (QED) is 0.760. The first-order valence-electron chi connectivity index (χ1n) is 4.54. The molecule has 2 rings (SSSR count). The monoisotopic (exact) mass is 185 g/mol. The van der Waals surface area contributed by atoms with E-state index in [1.807, 2.05) is 47.6 Å². The third kappa shape index (κ3) is 1.61. The highest BCUT2D eigenvalue weighted by Crippen LogP contribution is 2.18. The molecule has 0 saturated heterocycles. The van der Waals surface area contributed by atoms with Gasteiger partial charge in [-0.2, -0.15) is 10.3 Å². The fourth-order valence-electron chi connectivity index (χ4n) is 1.51. The maximum absolute atomic E-state index is 9.08. The molecule has 0 spiro atoms. The zero-order chi connectivity index (χ0) is 9.80. The van der Waals surface area contributed by atoms with Crippen LogP contribution in [0.4, 0.5) is 0 Å². The first-order chi connectivity index (χ1) is 6.92. The van der Waals surface area contributed by atoms with Crippen LogP contribution in [-0.2, 0) is 0 Å². The minimum absolute atomic E-state index is 0.216. The summed E-state index contributed by atoms with van der Waals surface area (Å²) in [6.07, 6.45) is 3.85. The number of nitrogens with one attached hydrogen (secondary N) is 1. The summed E-state index contributed by atoms with van der Waals surface area (Å²) in [5.41, 5.74) is 4.06. The second kappa shape index (κ2) is 3.95. The first kappa shape index (κ1) is 8.79. The van der Waals surface area contributed by atoms with E-state index in [1.165, 1.54) is 0 Å². The lowest BCUT2D eigenvalue weighted by molar-refractivity contribution is 0.226. The molecule has 0 amide bonds. The predicted octanol–water partition coefficient (Wildman–Crippen LogP) is 1.59. The molecule has 3 nitrogen and oxygen atoms in total. The van der Waals surface area contributed by atoms with E-state index in [4.69, 9.17) is 5.26 Å². The van der Waals surface area contributed by atoms with Crippen molar-refractivity contribution >= 4 is 0 Å². The number of hydrogen-bond acceptors (Lipinski definition) is 3. The van der Waals surface area contributed by atoms with Gasteiger partial charge in [0.05, 0.1) is 6.07 Å². The fourth-order valence-corrected chi connectivity index (χ4v) is 1.51. The summed E-state index contributed by atoms with van der Waals surface area (Å²) >= 11 is 0. The molecule has 1 N–H and O–H groups in total. The van der Waals surface area contributed by atoms with Gasteiger partial charge in [0.1, 0.15) is 6.04 Å². The van der Waals surface area contributed by atoms with Gasteiger partial charge in [0.2, 0.25) is 0 Å². The summed E-state index contributed by atoms with van der Waals surface area (Å²) in [6.45, 7) is 0.771. The summed E-state index contributed by atoms with van der Waals surface area (Å²) in [7, 11) is 0. The van der Waals surface area contributed by atoms with Crippen LogP contribution in [0, 0.1) is 11.3 Å². The third-order valence-electron chi connectivity index (χ3n) is 2.21. The Hall–Kier alpha value is -1.79. The molecule has 0 aliphatic carbocycles. The van der Waals surface area contributed by atoms with Crippen molar-refractivity contribution in [2.24, 2.45) is 0 Å². The second-order valence-corrected chi connectivity index (χ2v) is 3.13. The van der Waals surface area contributed by atoms with Crippen molar-refractivity contribution in [2.75, 3.05) is 6.54 Å². The van der Waals surface area contributed by atoms with E-state index in [-0.39, 0.29) is 6.04 Å². The van der Waals surface area contributed by atoms with Gasteiger partial charge in [-0.25, -0.2) is 0 Å². The molecule has 1 aromatic rings. The molecular formula is C11H11N3. The Morgan fingerprint density at radius 1 is 1.36 bits per heavy atom.